The molecule has 0 aromatic heterocycles. The summed E-state index contributed by atoms with van der Waals surface area (Å²) in [4.78, 5) is 11.3. The van der Waals surface area contributed by atoms with Gasteiger partial charge in [-0.25, -0.2) is 0 Å². The fourth-order valence-corrected chi connectivity index (χ4v) is 6.86. The van der Waals surface area contributed by atoms with Crippen molar-refractivity contribution in [2.45, 2.75) is 71.0 Å². The first-order valence-corrected chi connectivity index (χ1v) is 10.7. The average molecular weight is 418 g/mol. The van der Waals surface area contributed by atoms with Gasteiger partial charge < -0.3 is 15.5 Å². The molecule has 0 heterocycles. The highest BCUT2D eigenvalue weighted by atomic mass is 19.4. The van der Waals surface area contributed by atoms with Crippen LogP contribution in [-0.2, 0) is 4.79 Å². The molecule has 3 N–H and O–H groups in total. The van der Waals surface area contributed by atoms with E-state index in [0.717, 1.165) is 25.7 Å². The fraction of sp³-hybridized carbons (Fsp3) is 0.864. The molecular weight excluding hydrogens is 383 g/mol. The van der Waals surface area contributed by atoms with Crippen molar-refractivity contribution in [3.8, 4) is 0 Å². The van der Waals surface area contributed by atoms with Gasteiger partial charge in [-0.05, 0) is 79.4 Å². The molecule has 0 spiro atoms. The Morgan fingerprint density at radius 2 is 1.83 bits per heavy atom. The summed E-state index contributed by atoms with van der Waals surface area (Å²) in [5.74, 6) is -1.45. The maximum atomic E-state index is 12.6. The second-order valence-electron chi connectivity index (χ2n) is 9.99. The standard InChI is InChI=1S/C22H34F3NO3/c1-13-4-5-17-16(12-28)18(7-9-20(13,17)2)21(3)8-6-15(10-14(21)11-27)26-19(29)22(23,24)25/h14-18,27-28H,1,4-12H2,2-3H3,(H,26,29). The molecule has 3 saturated carbocycles. The van der Waals surface area contributed by atoms with E-state index in [-0.39, 0.29) is 41.8 Å². The van der Waals surface area contributed by atoms with E-state index in [9.17, 15) is 28.2 Å². The summed E-state index contributed by atoms with van der Waals surface area (Å²) < 4.78 is 37.9. The van der Waals surface area contributed by atoms with Crippen LogP contribution in [0.2, 0.25) is 0 Å². The summed E-state index contributed by atoms with van der Waals surface area (Å²) in [6, 6.07) is -0.581. The Bertz CT molecular complexity index is 652. The summed E-state index contributed by atoms with van der Waals surface area (Å²) in [5, 5.41) is 22.5. The van der Waals surface area contributed by atoms with Crippen LogP contribution < -0.4 is 5.32 Å². The molecule has 3 aliphatic rings. The Kier molecular flexibility index (Phi) is 6.14. The highest BCUT2D eigenvalue weighted by Gasteiger charge is 2.56. The minimum absolute atomic E-state index is 0.0485. The Hall–Kier alpha value is -1.08. The van der Waals surface area contributed by atoms with Crippen molar-refractivity contribution in [3.05, 3.63) is 12.2 Å². The number of carbonyl (C=O) groups excluding carboxylic acids is 1. The van der Waals surface area contributed by atoms with E-state index in [2.05, 4.69) is 25.7 Å². The summed E-state index contributed by atoms with van der Waals surface area (Å²) >= 11 is 0. The van der Waals surface area contributed by atoms with Crippen molar-refractivity contribution in [1.82, 2.24) is 5.32 Å². The molecule has 3 rings (SSSR count). The average Bonchev–Trinajstić information content (AvgIpc) is 2.96. The Labute approximate surface area is 170 Å². The van der Waals surface area contributed by atoms with Gasteiger partial charge in [0.2, 0.25) is 0 Å². The second kappa shape index (κ2) is 7.88. The molecular formula is C22H34F3NO3. The number of alkyl halides is 3. The number of aliphatic hydroxyl groups is 2. The van der Waals surface area contributed by atoms with Crippen molar-refractivity contribution in [2.75, 3.05) is 13.2 Å². The zero-order valence-corrected chi connectivity index (χ0v) is 17.4. The number of fused-ring (bicyclic) bond motifs is 1. The van der Waals surface area contributed by atoms with Crippen molar-refractivity contribution in [1.29, 1.82) is 0 Å². The van der Waals surface area contributed by atoms with Crippen molar-refractivity contribution >= 4 is 5.91 Å². The van der Waals surface area contributed by atoms with Crippen LogP contribution in [0.1, 0.15) is 58.8 Å². The second-order valence-corrected chi connectivity index (χ2v) is 9.99. The van der Waals surface area contributed by atoms with Gasteiger partial charge in [-0.1, -0.05) is 26.0 Å². The lowest BCUT2D eigenvalue weighted by molar-refractivity contribution is -0.175. The van der Waals surface area contributed by atoms with Gasteiger partial charge in [-0.15, -0.1) is 0 Å². The van der Waals surface area contributed by atoms with E-state index >= 15 is 0 Å². The first-order valence-electron chi connectivity index (χ1n) is 10.7. The number of nitrogens with one attached hydrogen (secondary N) is 1. The van der Waals surface area contributed by atoms with Crippen LogP contribution in [0.5, 0.6) is 0 Å². The Morgan fingerprint density at radius 1 is 1.14 bits per heavy atom. The molecule has 0 bridgehead atoms. The topological polar surface area (TPSA) is 69.6 Å². The SMILES string of the molecule is C=C1CCC2C(CO)C(C3(C)CCC(NC(=O)C(F)(F)F)CC3CO)CCC12C. The molecule has 166 valence electrons. The highest BCUT2D eigenvalue weighted by molar-refractivity contribution is 5.81. The number of rotatable bonds is 4. The largest absolute Gasteiger partial charge is 0.471 e. The lowest BCUT2D eigenvalue weighted by Crippen LogP contribution is -2.54. The molecule has 0 aliphatic heterocycles. The van der Waals surface area contributed by atoms with Gasteiger partial charge >= 0.3 is 12.1 Å². The first kappa shape index (κ1) is 22.6. The van der Waals surface area contributed by atoms with Crippen LogP contribution in [0.25, 0.3) is 0 Å². The third kappa shape index (κ3) is 3.85. The minimum atomic E-state index is -4.89. The molecule has 0 radical (unpaired) electrons. The summed E-state index contributed by atoms with van der Waals surface area (Å²) in [5.41, 5.74) is 1.04. The van der Waals surface area contributed by atoms with Crippen LogP contribution in [0.15, 0.2) is 12.2 Å². The third-order valence-corrected chi connectivity index (χ3v) is 8.80. The van der Waals surface area contributed by atoms with Gasteiger partial charge in [0.15, 0.2) is 0 Å². The van der Waals surface area contributed by atoms with Crippen molar-refractivity contribution < 1.29 is 28.2 Å². The highest BCUT2D eigenvalue weighted by Crippen LogP contribution is 2.63. The zero-order chi connectivity index (χ0) is 21.6. The number of aliphatic hydroxyl groups excluding tert-OH is 2. The van der Waals surface area contributed by atoms with Gasteiger partial charge in [-0.3, -0.25) is 4.79 Å². The van der Waals surface area contributed by atoms with Crippen molar-refractivity contribution in [3.63, 3.8) is 0 Å². The number of carbonyl (C=O) groups is 1. The number of hydrogen-bond acceptors (Lipinski definition) is 3. The van der Waals surface area contributed by atoms with Gasteiger partial charge in [0, 0.05) is 19.3 Å². The fourth-order valence-electron chi connectivity index (χ4n) is 6.86. The summed E-state index contributed by atoms with van der Waals surface area (Å²) in [7, 11) is 0. The monoisotopic (exact) mass is 417 g/mol. The number of allylic oxidation sites excluding steroid dienone is 1. The normalized spacial score (nSPS) is 43.1. The quantitative estimate of drug-likeness (QED) is 0.609. The molecule has 4 nitrogen and oxygen atoms in total. The van der Waals surface area contributed by atoms with Crippen LogP contribution in [0.4, 0.5) is 13.2 Å². The molecule has 7 heteroatoms. The lowest BCUT2D eigenvalue weighted by atomic mass is 9.49. The number of hydrogen-bond donors (Lipinski definition) is 3. The van der Waals surface area contributed by atoms with E-state index in [1.54, 1.807) is 0 Å². The van der Waals surface area contributed by atoms with Crippen LogP contribution >= 0.6 is 0 Å². The third-order valence-electron chi connectivity index (χ3n) is 8.80. The molecule has 0 aromatic rings. The predicted octanol–water partition coefficient (Wildman–Crippen LogP) is 3.82. The minimum Gasteiger partial charge on any atom is -0.396 e. The Morgan fingerprint density at radius 3 is 2.41 bits per heavy atom. The van der Waals surface area contributed by atoms with Crippen LogP contribution in [0.3, 0.4) is 0 Å². The van der Waals surface area contributed by atoms with Gasteiger partial charge in [0.1, 0.15) is 0 Å². The molecule has 3 fully saturated rings. The van der Waals surface area contributed by atoms with E-state index in [0.29, 0.717) is 25.2 Å². The van der Waals surface area contributed by atoms with E-state index in [1.165, 1.54) is 5.57 Å². The Balaban J connectivity index is 1.77. The lowest BCUT2D eigenvalue weighted by Gasteiger charge is -2.56. The number of halogens is 3. The molecule has 1 amide bonds. The molecule has 7 atom stereocenters. The molecule has 0 saturated heterocycles. The summed E-state index contributed by atoms with van der Waals surface area (Å²) in [6.07, 6.45) is 0.444. The van der Waals surface area contributed by atoms with Gasteiger partial charge in [0.05, 0.1) is 0 Å². The first-order chi connectivity index (χ1) is 13.5. The van der Waals surface area contributed by atoms with E-state index in [4.69, 9.17) is 0 Å². The van der Waals surface area contributed by atoms with Crippen LogP contribution in [-0.4, -0.2) is 41.6 Å². The smallest absolute Gasteiger partial charge is 0.396 e. The molecule has 3 aliphatic carbocycles. The van der Waals surface area contributed by atoms with E-state index in [1.807, 2.05) is 0 Å². The van der Waals surface area contributed by atoms with Crippen molar-refractivity contribution in [2.24, 2.45) is 34.5 Å². The van der Waals surface area contributed by atoms with Crippen LogP contribution in [0, 0.1) is 34.5 Å². The van der Waals surface area contributed by atoms with E-state index < -0.39 is 18.1 Å². The zero-order valence-electron chi connectivity index (χ0n) is 17.4. The maximum absolute atomic E-state index is 12.6. The summed E-state index contributed by atoms with van der Waals surface area (Å²) in [6.45, 7) is 8.60. The van der Waals surface area contributed by atoms with Gasteiger partial charge in [-0.2, -0.15) is 13.2 Å². The molecule has 7 unspecified atom stereocenters. The number of amides is 1. The maximum Gasteiger partial charge on any atom is 0.471 e. The molecule has 0 aromatic carbocycles. The molecule has 29 heavy (non-hydrogen) atoms. The van der Waals surface area contributed by atoms with Gasteiger partial charge in [0.25, 0.3) is 0 Å². The predicted molar refractivity (Wildman–Crippen MR) is 104 cm³/mol.